The van der Waals surface area contributed by atoms with Crippen molar-refractivity contribution in [3.05, 3.63) is 108 Å². The summed E-state index contributed by atoms with van der Waals surface area (Å²) in [6, 6.07) is 25.6. The van der Waals surface area contributed by atoms with Crippen LogP contribution in [0.4, 0.5) is 0 Å². The van der Waals surface area contributed by atoms with Crippen molar-refractivity contribution in [2.75, 3.05) is 20.3 Å². The first-order chi connectivity index (χ1) is 34.3. The normalized spacial score (nSPS) is 17.8. The molecule has 3 unspecified atom stereocenters. The Labute approximate surface area is 421 Å². The lowest BCUT2D eigenvalue weighted by atomic mass is 9.85. The highest BCUT2D eigenvalue weighted by Crippen LogP contribution is 2.36. The Kier molecular flexibility index (Phi) is 30.2. The van der Waals surface area contributed by atoms with E-state index in [1.807, 2.05) is 0 Å². The smallest absolute Gasteiger partial charge is 0.338 e. The maximum Gasteiger partial charge on any atom is 0.338 e. The Balaban J connectivity index is 1.52. The van der Waals surface area contributed by atoms with Gasteiger partial charge < -0.3 is 28.4 Å². The number of carbonyl (C=O) groups excluding carboxylic acids is 4. The van der Waals surface area contributed by atoms with Crippen LogP contribution in [0.15, 0.2) is 91.0 Å². The monoisotopic (exact) mass is 969 g/mol. The van der Waals surface area contributed by atoms with Crippen LogP contribution < -0.4 is 0 Å². The third kappa shape index (κ3) is 23.1. The van der Waals surface area contributed by atoms with E-state index in [1.54, 1.807) is 91.0 Å². The van der Waals surface area contributed by atoms with Gasteiger partial charge in [0.15, 0.2) is 12.4 Å². The van der Waals surface area contributed by atoms with Gasteiger partial charge >= 0.3 is 23.9 Å². The average molecular weight is 969 g/mol. The first-order valence-corrected chi connectivity index (χ1v) is 27.4. The molecule has 0 bridgehead atoms. The van der Waals surface area contributed by atoms with E-state index in [-0.39, 0.29) is 24.5 Å². The van der Waals surface area contributed by atoms with Crippen LogP contribution in [0.3, 0.4) is 0 Å². The molecule has 3 aromatic carbocycles. The van der Waals surface area contributed by atoms with Crippen molar-refractivity contribution in [1.29, 1.82) is 0 Å². The molecule has 3 aromatic rings. The standard InChI is InChI=1S/C60H88O10/c1-4-6-8-10-12-14-16-18-20-22-24-29-37-48(38-30-25-23-21-19-17-15-13-11-9-7-5-2)46-67-60-56(70-59(64)51-43-35-28-36-44-51)52(45-54(61)65-3)55(69-58(63)50-41-33-27-34-42-50)53(68-60)47-66-57(62)49-39-31-26-32-40-49/h26-28,31-36,39-44,48,52-53,55-56,60H,4-25,29-30,37-38,45-47H2,1-3H3/t52?,53?,55-,56?,60-/m1/s1. The van der Waals surface area contributed by atoms with Crippen LogP contribution in [0.25, 0.3) is 0 Å². The average Bonchev–Trinajstić information content (AvgIpc) is 3.39. The van der Waals surface area contributed by atoms with Crippen molar-refractivity contribution in [2.24, 2.45) is 11.8 Å². The quantitative estimate of drug-likeness (QED) is 0.0311. The summed E-state index contributed by atoms with van der Waals surface area (Å²) in [5.74, 6) is -3.32. The van der Waals surface area contributed by atoms with E-state index in [2.05, 4.69) is 13.8 Å². The molecule has 5 atom stereocenters. The summed E-state index contributed by atoms with van der Waals surface area (Å²) in [6.07, 6.45) is 27.6. The highest BCUT2D eigenvalue weighted by Gasteiger charge is 2.52. The van der Waals surface area contributed by atoms with E-state index in [1.165, 1.54) is 136 Å². The molecular formula is C60H88O10. The zero-order valence-electron chi connectivity index (χ0n) is 43.2. The molecule has 0 aromatic heterocycles. The molecule has 4 rings (SSSR count). The number of hydrogen-bond donors (Lipinski definition) is 0. The van der Waals surface area contributed by atoms with Gasteiger partial charge in [-0.2, -0.15) is 0 Å². The summed E-state index contributed by atoms with van der Waals surface area (Å²) in [5.41, 5.74) is 0.906. The predicted molar refractivity (Wildman–Crippen MR) is 278 cm³/mol. The Morgan fingerprint density at radius 1 is 0.486 bits per heavy atom. The lowest BCUT2D eigenvalue weighted by Gasteiger charge is -2.45. The molecule has 1 saturated heterocycles. The molecule has 0 N–H and O–H groups in total. The highest BCUT2D eigenvalue weighted by molar-refractivity contribution is 5.90. The van der Waals surface area contributed by atoms with Crippen molar-refractivity contribution < 1.29 is 47.6 Å². The van der Waals surface area contributed by atoms with Crippen LogP contribution >= 0.6 is 0 Å². The summed E-state index contributed by atoms with van der Waals surface area (Å²) in [7, 11) is 1.28. The van der Waals surface area contributed by atoms with Gasteiger partial charge in [-0.05, 0) is 55.2 Å². The van der Waals surface area contributed by atoms with Crippen LogP contribution in [0.2, 0.25) is 0 Å². The van der Waals surface area contributed by atoms with Crippen molar-refractivity contribution >= 4 is 23.9 Å². The summed E-state index contributed by atoms with van der Waals surface area (Å²) in [5, 5.41) is 0. The van der Waals surface area contributed by atoms with Gasteiger partial charge in [0.1, 0.15) is 18.8 Å². The van der Waals surface area contributed by atoms with Gasteiger partial charge in [-0.25, -0.2) is 14.4 Å². The number of methoxy groups -OCH3 is 1. The second-order valence-electron chi connectivity index (χ2n) is 19.5. The number of unbranched alkanes of at least 4 members (excludes halogenated alkanes) is 22. The maximum atomic E-state index is 14.0. The lowest BCUT2D eigenvalue weighted by Crippen LogP contribution is -2.59. The van der Waals surface area contributed by atoms with Crippen LogP contribution in [0.5, 0.6) is 0 Å². The molecule has 1 aliphatic heterocycles. The van der Waals surface area contributed by atoms with Gasteiger partial charge in [-0.1, -0.05) is 223 Å². The fraction of sp³-hybridized carbons (Fsp3) is 0.633. The maximum absolute atomic E-state index is 14.0. The summed E-state index contributed by atoms with van der Waals surface area (Å²) < 4.78 is 37.0. The number of carbonyl (C=O) groups is 4. The third-order valence-electron chi connectivity index (χ3n) is 13.7. The van der Waals surface area contributed by atoms with Gasteiger partial charge in [0.2, 0.25) is 0 Å². The molecule has 0 amide bonds. The molecule has 10 heteroatoms. The minimum Gasteiger partial charge on any atom is -0.469 e. The predicted octanol–water partition coefficient (Wildman–Crippen LogP) is 15.0. The molecule has 0 spiro atoms. The van der Waals surface area contributed by atoms with Gasteiger partial charge in [0.25, 0.3) is 0 Å². The van der Waals surface area contributed by atoms with E-state index in [0.717, 1.165) is 38.5 Å². The SMILES string of the molecule is CCCCCCCCCCCCCCC(CCCCCCCCCCCCCC)CO[C@@H]1OC(COC(=O)c2ccccc2)[C@H](OC(=O)c2ccccc2)C(CC(=O)OC)C1OC(=O)c1ccccc1. The van der Waals surface area contributed by atoms with Gasteiger partial charge in [0.05, 0.1) is 42.7 Å². The first-order valence-electron chi connectivity index (χ1n) is 27.4. The third-order valence-corrected chi connectivity index (χ3v) is 13.7. The zero-order chi connectivity index (χ0) is 49.9. The molecule has 1 fully saturated rings. The number of esters is 4. The highest BCUT2D eigenvalue weighted by atomic mass is 16.7. The van der Waals surface area contributed by atoms with E-state index >= 15 is 0 Å². The Hall–Kier alpha value is -4.54. The summed E-state index contributed by atoms with van der Waals surface area (Å²) in [4.78, 5) is 54.5. The van der Waals surface area contributed by atoms with Crippen LogP contribution in [-0.2, 0) is 33.2 Å². The van der Waals surface area contributed by atoms with Crippen molar-refractivity contribution in [3.63, 3.8) is 0 Å². The second kappa shape index (κ2) is 36.4. The fourth-order valence-corrected chi connectivity index (χ4v) is 9.51. The van der Waals surface area contributed by atoms with Crippen molar-refractivity contribution in [2.45, 2.75) is 212 Å². The van der Waals surface area contributed by atoms with Gasteiger partial charge in [0, 0.05) is 0 Å². The molecule has 0 radical (unpaired) electrons. The zero-order valence-corrected chi connectivity index (χ0v) is 43.2. The molecule has 1 aliphatic rings. The Morgan fingerprint density at radius 3 is 1.26 bits per heavy atom. The van der Waals surface area contributed by atoms with Crippen LogP contribution in [0, 0.1) is 11.8 Å². The topological polar surface area (TPSA) is 124 Å². The number of hydrogen-bond acceptors (Lipinski definition) is 10. The summed E-state index contributed by atoms with van der Waals surface area (Å²) in [6.45, 7) is 4.52. The molecule has 1 heterocycles. The van der Waals surface area contributed by atoms with E-state index in [0.29, 0.717) is 17.7 Å². The van der Waals surface area contributed by atoms with E-state index < -0.39 is 54.4 Å². The fourth-order valence-electron chi connectivity index (χ4n) is 9.51. The molecule has 0 aliphatic carbocycles. The van der Waals surface area contributed by atoms with Crippen molar-refractivity contribution in [3.8, 4) is 0 Å². The Bertz CT molecular complexity index is 1790. The first kappa shape index (κ1) is 58.0. The van der Waals surface area contributed by atoms with Crippen LogP contribution in [0.1, 0.15) is 218 Å². The van der Waals surface area contributed by atoms with Crippen molar-refractivity contribution in [1.82, 2.24) is 0 Å². The molecule has 388 valence electrons. The number of rotatable bonds is 38. The minimum atomic E-state index is -1.22. The molecular weight excluding hydrogens is 881 g/mol. The van der Waals surface area contributed by atoms with E-state index in [4.69, 9.17) is 28.4 Å². The number of ether oxygens (including phenoxy) is 6. The Morgan fingerprint density at radius 2 is 0.857 bits per heavy atom. The largest absolute Gasteiger partial charge is 0.469 e. The van der Waals surface area contributed by atoms with Gasteiger partial charge in [-0.15, -0.1) is 0 Å². The second-order valence-corrected chi connectivity index (χ2v) is 19.5. The molecule has 70 heavy (non-hydrogen) atoms. The molecule has 10 nitrogen and oxygen atoms in total. The van der Waals surface area contributed by atoms with Crippen LogP contribution in [-0.4, -0.2) is 68.8 Å². The summed E-state index contributed by atoms with van der Waals surface area (Å²) >= 11 is 0. The minimum absolute atomic E-state index is 0.211. The van der Waals surface area contributed by atoms with E-state index in [9.17, 15) is 19.2 Å². The molecule has 0 saturated carbocycles. The van der Waals surface area contributed by atoms with Gasteiger partial charge in [-0.3, -0.25) is 4.79 Å². The number of benzene rings is 3. The lowest BCUT2D eigenvalue weighted by molar-refractivity contribution is -0.291.